The van der Waals surface area contributed by atoms with E-state index < -0.39 is 4.92 Å². The lowest BCUT2D eigenvalue weighted by Crippen LogP contribution is -2.33. The van der Waals surface area contributed by atoms with E-state index in [1.807, 2.05) is 17.0 Å². The number of hydrogen-bond donors (Lipinski definition) is 1. The molecule has 3 rings (SSSR count). The third kappa shape index (κ3) is 4.41. The van der Waals surface area contributed by atoms with Gasteiger partial charge in [0.1, 0.15) is 11.5 Å². The van der Waals surface area contributed by atoms with Gasteiger partial charge >= 0.3 is 0 Å². The van der Waals surface area contributed by atoms with E-state index in [9.17, 15) is 10.1 Å². The van der Waals surface area contributed by atoms with Crippen LogP contribution in [0.3, 0.4) is 0 Å². The second-order valence-corrected chi connectivity index (χ2v) is 6.16. The largest absolute Gasteiger partial charge is 0.467 e. The fraction of sp³-hybridized carbons (Fsp3) is 0.118. The van der Waals surface area contributed by atoms with Gasteiger partial charge in [-0.2, -0.15) is 0 Å². The van der Waals surface area contributed by atoms with E-state index in [1.165, 1.54) is 18.2 Å². The Morgan fingerprint density at radius 1 is 1.15 bits per heavy atom. The maximum absolute atomic E-state index is 11.0. The molecule has 0 aliphatic heterocycles. The highest BCUT2D eigenvalue weighted by Gasteiger charge is 2.17. The third-order valence-corrected chi connectivity index (χ3v) is 4.23. The molecule has 1 aromatic carbocycles. The molecular formula is C17H14ClN3O4S. The summed E-state index contributed by atoms with van der Waals surface area (Å²) in [6, 6.07) is 11.4. The summed E-state index contributed by atoms with van der Waals surface area (Å²) in [7, 11) is 0. The molecule has 0 unspecified atom stereocenters. The van der Waals surface area contributed by atoms with Crippen molar-refractivity contribution < 1.29 is 13.8 Å². The van der Waals surface area contributed by atoms with Crippen molar-refractivity contribution in [2.24, 2.45) is 0 Å². The fourth-order valence-electron chi connectivity index (χ4n) is 2.30. The van der Waals surface area contributed by atoms with Crippen molar-refractivity contribution in [3.63, 3.8) is 0 Å². The first-order chi connectivity index (χ1) is 12.5. The number of halogens is 1. The van der Waals surface area contributed by atoms with Crippen molar-refractivity contribution in [2.45, 2.75) is 13.1 Å². The molecule has 0 saturated heterocycles. The molecule has 134 valence electrons. The second-order valence-electron chi connectivity index (χ2n) is 5.37. The molecule has 0 aliphatic rings. The van der Waals surface area contributed by atoms with Crippen molar-refractivity contribution in [1.82, 2.24) is 4.90 Å². The maximum Gasteiger partial charge on any atom is 0.271 e. The lowest BCUT2D eigenvalue weighted by atomic mass is 10.3. The standard InChI is InChI=1S/C17H14ClN3O4S/c18-15-6-5-12(21(22)23)9-16(15)19-17(26)20(10-13-3-1-7-24-13)11-14-4-2-8-25-14/h1-9H,10-11H2,(H,19,26). The molecule has 26 heavy (non-hydrogen) atoms. The Balaban J connectivity index is 1.80. The maximum atomic E-state index is 11.0. The summed E-state index contributed by atoms with van der Waals surface area (Å²) in [6.07, 6.45) is 3.16. The van der Waals surface area contributed by atoms with E-state index in [0.717, 1.165) is 0 Å². The molecule has 7 nitrogen and oxygen atoms in total. The van der Waals surface area contributed by atoms with E-state index in [4.69, 9.17) is 32.7 Å². The van der Waals surface area contributed by atoms with Crippen LogP contribution in [0.25, 0.3) is 0 Å². The summed E-state index contributed by atoms with van der Waals surface area (Å²) in [5, 5.41) is 14.6. The minimum absolute atomic E-state index is 0.0803. The molecule has 0 radical (unpaired) electrons. The van der Waals surface area contributed by atoms with Gasteiger partial charge in [0.25, 0.3) is 5.69 Å². The topological polar surface area (TPSA) is 84.7 Å². The molecule has 0 aliphatic carbocycles. The highest BCUT2D eigenvalue weighted by molar-refractivity contribution is 7.80. The van der Waals surface area contributed by atoms with E-state index in [2.05, 4.69) is 5.32 Å². The van der Waals surface area contributed by atoms with Gasteiger partial charge in [-0.1, -0.05) is 11.6 Å². The zero-order chi connectivity index (χ0) is 18.5. The predicted octanol–water partition coefficient (Wildman–Crippen LogP) is 4.83. The monoisotopic (exact) mass is 391 g/mol. The molecule has 0 spiro atoms. The second kappa shape index (κ2) is 8.03. The molecule has 0 saturated carbocycles. The molecule has 0 fully saturated rings. The normalized spacial score (nSPS) is 10.5. The van der Waals surface area contributed by atoms with Gasteiger partial charge in [-0.3, -0.25) is 10.1 Å². The third-order valence-electron chi connectivity index (χ3n) is 3.54. The molecule has 3 aromatic rings. The first-order valence-electron chi connectivity index (χ1n) is 7.57. The number of thiocarbonyl (C=S) groups is 1. The molecule has 9 heteroatoms. The Labute approximate surface area is 159 Å². The van der Waals surface area contributed by atoms with Crippen LogP contribution in [0.4, 0.5) is 11.4 Å². The number of furan rings is 2. The molecule has 0 atom stereocenters. The number of hydrogen-bond acceptors (Lipinski definition) is 5. The predicted molar refractivity (Wildman–Crippen MR) is 101 cm³/mol. The van der Waals surface area contributed by atoms with Crippen LogP contribution in [0.2, 0.25) is 5.02 Å². The molecule has 0 amide bonds. The first kappa shape index (κ1) is 18.0. The van der Waals surface area contributed by atoms with Gasteiger partial charge in [-0.25, -0.2) is 0 Å². The highest BCUT2D eigenvalue weighted by atomic mass is 35.5. The summed E-state index contributed by atoms with van der Waals surface area (Å²) >= 11 is 11.6. The van der Waals surface area contributed by atoms with Gasteiger partial charge in [0.15, 0.2) is 5.11 Å². The zero-order valence-electron chi connectivity index (χ0n) is 13.4. The smallest absolute Gasteiger partial charge is 0.271 e. The van der Waals surface area contributed by atoms with Gasteiger partial charge in [0, 0.05) is 12.1 Å². The summed E-state index contributed by atoms with van der Waals surface area (Å²) in [6.45, 7) is 0.790. The summed E-state index contributed by atoms with van der Waals surface area (Å²) < 4.78 is 10.8. The average molecular weight is 392 g/mol. The average Bonchev–Trinajstić information content (AvgIpc) is 3.30. The zero-order valence-corrected chi connectivity index (χ0v) is 15.0. The number of non-ortho nitro benzene ring substituents is 1. The molecule has 0 bridgehead atoms. The van der Waals surface area contributed by atoms with Crippen LogP contribution >= 0.6 is 23.8 Å². The number of rotatable bonds is 6. The summed E-state index contributed by atoms with van der Waals surface area (Å²) in [5.41, 5.74) is 0.276. The highest BCUT2D eigenvalue weighted by Crippen LogP contribution is 2.27. The summed E-state index contributed by atoms with van der Waals surface area (Å²) in [5.74, 6) is 1.43. The number of nitrogens with one attached hydrogen (secondary N) is 1. The Morgan fingerprint density at radius 3 is 2.27 bits per heavy atom. The van der Waals surface area contributed by atoms with E-state index in [1.54, 1.807) is 24.7 Å². The van der Waals surface area contributed by atoms with Gasteiger partial charge in [0.2, 0.25) is 0 Å². The van der Waals surface area contributed by atoms with Gasteiger partial charge < -0.3 is 19.1 Å². The Morgan fingerprint density at radius 2 is 1.77 bits per heavy atom. The number of nitro groups is 1. The van der Waals surface area contributed by atoms with Crippen molar-refractivity contribution in [3.8, 4) is 0 Å². The van der Waals surface area contributed by atoms with Gasteiger partial charge in [-0.05, 0) is 42.5 Å². The van der Waals surface area contributed by atoms with Crippen LogP contribution in [-0.2, 0) is 13.1 Å². The molecule has 2 heterocycles. The van der Waals surface area contributed by atoms with E-state index in [-0.39, 0.29) is 5.69 Å². The van der Waals surface area contributed by atoms with Crippen LogP contribution in [0.1, 0.15) is 11.5 Å². The molecule has 1 N–H and O–H groups in total. The van der Waals surface area contributed by atoms with Crippen molar-refractivity contribution in [1.29, 1.82) is 0 Å². The summed E-state index contributed by atoms with van der Waals surface area (Å²) in [4.78, 5) is 12.3. The first-order valence-corrected chi connectivity index (χ1v) is 8.36. The Kier molecular flexibility index (Phi) is 5.55. The minimum Gasteiger partial charge on any atom is -0.467 e. The van der Waals surface area contributed by atoms with Crippen LogP contribution in [-0.4, -0.2) is 14.9 Å². The SMILES string of the molecule is O=[N+]([O-])c1ccc(Cl)c(NC(=S)N(Cc2ccco2)Cc2ccco2)c1. The number of nitro benzene ring substituents is 1. The fourth-order valence-corrected chi connectivity index (χ4v) is 2.70. The van der Waals surface area contributed by atoms with Crippen LogP contribution in [0.15, 0.2) is 63.8 Å². The number of benzene rings is 1. The van der Waals surface area contributed by atoms with E-state index >= 15 is 0 Å². The lowest BCUT2D eigenvalue weighted by Gasteiger charge is -2.24. The van der Waals surface area contributed by atoms with Crippen LogP contribution in [0.5, 0.6) is 0 Å². The molecule has 2 aromatic heterocycles. The Hall–Kier alpha value is -2.84. The van der Waals surface area contributed by atoms with Crippen LogP contribution < -0.4 is 5.32 Å². The quantitative estimate of drug-likeness (QED) is 0.365. The lowest BCUT2D eigenvalue weighted by molar-refractivity contribution is -0.384. The Bertz CT molecular complexity index is 861. The van der Waals surface area contributed by atoms with Crippen molar-refractivity contribution in [2.75, 3.05) is 5.32 Å². The minimum atomic E-state index is -0.492. The van der Waals surface area contributed by atoms with Gasteiger partial charge in [-0.15, -0.1) is 0 Å². The number of nitrogens with zero attached hydrogens (tertiary/aromatic N) is 2. The van der Waals surface area contributed by atoms with Crippen molar-refractivity contribution >= 4 is 40.3 Å². The molecular weight excluding hydrogens is 378 g/mol. The van der Waals surface area contributed by atoms with Crippen molar-refractivity contribution in [3.05, 3.63) is 81.6 Å². The number of anilines is 1. The van der Waals surface area contributed by atoms with Crippen LogP contribution in [0, 0.1) is 10.1 Å². The van der Waals surface area contributed by atoms with Gasteiger partial charge in [0.05, 0.1) is 41.2 Å². The van der Waals surface area contributed by atoms with E-state index in [0.29, 0.717) is 40.4 Å².